The molecule has 0 radical (unpaired) electrons. The van der Waals surface area contributed by atoms with Gasteiger partial charge in [0.15, 0.2) is 6.10 Å². The van der Waals surface area contributed by atoms with Crippen molar-refractivity contribution in [3.05, 3.63) is 24.3 Å². The molecule has 0 amide bonds. The van der Waals surface area contributed by atoms with Crippen molar-refractivity contribution in [3.63, 3.8) is 0 Å². The third-order valence-corrected chi connectivity index (χ3v) is 12.5. The molecule has 0 heterocycles. The zero-order valence-electron chi connectivity index (χ0n) is 42.4. The Labute approximate surface area is 392 Å². The minimum atomic E-state index is -0.766. The molecule has 0 spiro atoms. The first-order valence-electron chi connectivity index (χ1n) is 27.8. The monoisotopic (exact) mass is 887 g/mol. The Morgan fingerprint density at radius 1 is 0.317 bits per heavy atom. The first-order valence-corrected chi connectivity index (χ1v) is 27.8. The summed E-state index contributed by atoms with van der Waals surface area (Å²) in [5.74, 6) is -0.853. The number of hydrogen-bond donors (Lipinski definition) is 0. The highest BCUT2D eigenvalue weighted by atomic mass is 16.6. The molecule has 0 rings (SSSR count). The van der Waals surface area contributed by atoms with Gasteiger partial charge in [0, 0.05) is 19.3 Å². The van der Waals surface area contributed by atoms with Crippen molar-refractivity contribution in [1.82, 2.24) is 0 Å². The lowest BCUT2D eigenvalue weighted by molar-refractivity contribution is -0.167. The van der Waals surface area contributed by atoms with E-state index >= 15 is 0 Å². The Morgan fingerprint density at radius 2 is 0.571 bits per heavy atom. The van der Waals surface area contributed by atoms with Gasteiger partial charge in [0.05, 0.1) is 0 Å². The zero-order valence-corrected chi connectivity index (χ0v) is 42.4. The molecular weight excluding hydrogens is 781 g/mol. The molecule has 0 N–H and O–H groups in total. The SMILES string of the molecule is CCCCC/C=C\C/C=C\CCCCCCCCCCCC(=O)OC[C@@H](COC(=O)CCCCCCCCCCCCCC)OC(=O)CCCCCCCCCCCCCCCC. The number of ether oxygens (including phenoxy) is 3. The maximum absolute atomic E-state index is 12.8. The molecule has 0 aliphatic rings. The number of unbranched alkanes of at least 4 members (excludes halogenated alkanes) is 36. The Hall–Kier alpha value is -2.11. The van der Waals surface area contributed by atoms with E-state index < -0.39 is 6.10 Å². The zero-order chi connectivity index (χ0) is 45.8. The fourth-order valence-corrected chi connectivity index (χ4v) is 8.24. The average Bonchev–Trinajstić information content (AvgIpc) is 3.28. The van der Waals surface area contributed by atoms with Crippen LogP contribution in [0.3, 0.4) is 0 Å². The van der Waals surface area contributed by atoms with E-state index in [9.17, 15) is 14.4 Å². The van der Waals surface area contributed by atoms with Crippen LogP contribution in [0.25, 0.3) is 0 Å². The van der Waals surface area contributed by atoms with Crippen molar-refractivity contribution in [2.24, 2.45) is 0 Å². The number of esters is 3. The van der Waals surface area contributed by atoms with Crippen molar-refractivity contribution < 1.29 is 28.6 Å². The molecule has 0 aliphatic carbocycles. The summed E-state index contributed by atoms with van der Waals surface area (Å²) in [6, 6.07) is 0. The van der Waals surface area contributed by atoms with Gasteiger partial charge in [-0.25, -0.2) is 0 Å². The number of carbonyl (C=O) groups is 3. The van der Waals surface area contributed by atoms with Gasteiger partial charge < -0.3 is 14.2 Å². The van der Waals surface area contributed by atoms with Gasteiger partial charge >= 0.3 is 17.9 Å². The quantitative estimate of drug-likeness (QED) is 0.0262. The molecule has 0 unspecified atom stereocenters. The lowest BCUT2D eigenvalue weighted by Gasteiger charge is -2.18. The molecule has 0 aromatic heterocycles. The van der Waals surface area contributed by atoms with Crippen LogP contribution in [0.2, 0.25) is 0 Å². The molecule has 6 heteroatoms. The molecule has 0 aromatic rings. The topological polar surface area (TPSA) is 78.9 Å². The van der Waals surface area contributed by atoms with Crippen LogP contribution in [-0.4, -0.2) is 37.2 Å². The summed E-state index contributed by atoms with van der Waals surface area (Å²) in [5, 5.41) is 0. The second kappa shape index (κ2) is 52.5. The van der Waals surface area contributed by atoms with Gasteiger partial charge in [-0.2, -0.15) is 0 Å². The van der Waals surface area contributed by atoms with Crippen LogP contribution in [-0.2, 0) is 28.6 Å². The molecule has 0 saturated carbocycles. The van der Waals surface area contributed by atoms with E-state index in [1.165, 1.54) is 199 Å². The van der Waals surface area contributed by atoms with Gasteiger partial charge in [0.25, 0.3) is 0 Å². The number of allylic oxidation sites excluding steroid dienone is 4. The van der Waals surface area contributed by atoms with E-state index in [1.54, 1.807) is 0 Å². The Bertz CT molecular complexity index is 1020. The molecule has 6 nitrogen and oxygen atoms in total. The van der Waals surface area contributed by atoms with Gasteiger partial charge in [0.2, 0.25) is 0 Å². The number of rotatable bonds is 51. The normalized spacial score (nSPS) is 12.1. The highest BCUT2D eigenvalue weighted by Crippen LogP contribution is 2.16. The second-order valence-corrected chi connectivity index (χ2v) is 18.9. The van der Waals surface area contributed by atoms with Gasteiger partial charge in [-0.15, -0.1) is 0 Å². The van der Waals surface area contributed by atoms with E-state index in [4.69, 9.17) is 14.2 Å². The second-order valence-electron chi connectivity index (χ2n) is 18.9. The summed E-state index contributed by atoms with van der Waals surface area (Å²) in [5.41, 5.74) is 0. The summed E-state index contributed by atoms with van der Waals surface area (Å²) in [6.07, 6.45) is 60.2. The summed E-state index contributed by atoms with van der Waals surface area (Å²) < 4.78 is 16.8. The van der Waals surface area contributed by atoms with Crippen LogP contribution < -0.4 is 0 Å². The average molecular weight is 887 g/mol. The Morgan fingerprint density at radius 3 is 0.905 bits per heavy atom. The fraction of sp³-hybridized carbons (Fsp3) is 0.877. The molecule has 370 valence electrons. The molecule has 0 bridgehead atoms. The molecule has 0 aromatic carbocycles. The van der Waals surface area contributed by atoms with Crippen LogP contribution in [0.4, 0.5) is 0 Å². The van der Waals surface area contributed by atoms with Crippen molar-refractivity contribution in [1.29, 1.82) is 0 Å². The smallest absolute Gasteiger partial charge is 0.306 e. The van der Waals surface area contributed by atoms with Gasteiger partial charge in [0.1, 0.15) is 13.2 Å². The van der Waals surface area contributed by atoms with E-state index in [1.807, 2.05) is 0 Å². The molecule has 1 atom stereocenters. The van der Waals surface area contributed by atoms with Crippen LogP contribution in [0.1, 0.15) is 303 Å². The molecule has 0 fully saturated rings. The maximum atomic E-state index is 12.8. The first kappa shape index (κ1) is 60.9. The summed E-state index contributed by atoms with van der Waals surface area (Å²) >= 11 is 0. The third-order valence-electron chi connectivity index (χ3n) is 12.5. The maximum Gasteiger partial charge on any atom is 0.306 e. The highest BCUT2D eigenvalue weighted by molar-refractivity contribution is 5.71. The van der Waals surface area contributed by atoms with Crippen molar-refractivity contribution in [2.45, 2.75) is 309 Å². The fourth-order valence-electron chi connectivity index (χ4n) is 8.24. The molecule has 63 heavy (non-hydrogen) atoms. The summed E-state index contributed by atoms with van der Waals surface area (Å²) in [7, 11) is 0. The van der Waals surface area contributed by atoms with Crippen LogP contribution in [0.15, 0.2) is 24.3 Å². The molecular formula is C57H106O6. The number of carbonyl (C=O) groups excluding carboxylic acids is 3. The highest BCUT2D eigenvalue weighted by Gasteiger charge is 2.19. The van der Waals surface area contributed by atoms with Gasteiger partial charge in [-0.05, 0) is 51.4 Å². The standard InChI is InChI=1S/C57H106O6/c1-4-7-10-13-16-19-22-25-27-28-29-30-31-33-35-38-41-44-47-50-56(59)62-53-54(52-61-55(58)49-46-43-40-37-34-24-21-18-15-12-9-6-3)63-57(60)51-48-45-42-39-36-32-26-23-20-17-14-11-8-5-2/h16,19,25,27,54H,4-15,17-18,20-24,26,28-53H2,1-3H3/b19-16-,27-25-/t54-/m1/s1. The predicted molar refractivity (Wildman–Crippen MR) is 270 cm³/mol. The minimum absolute atomic E-state index is 0.0671. The predicted octanol–water partition coefficient (Wildman–Crippen LogP) is 18.3. The van der Waals surface area contributed by atoms with Crippen LogP contribution in [0, 0.1) is 0 Å². The van der Waals surface area contributed by atoms with E-state index in [-0.39, 0.29) is 31.1 Å². The largest absolute Gasteiger partial charge is 0.462 e. The van der Waals surface area contributed by atoms with E-state index in [0.29, 0.717) is 19.3 Å². The molecule has 0 aliphatic heterocycles. The van der Waals surface area contributed by atoms with Gasteiger partial charge in [-0.1, -0.05) is 257 Å². The van der Waals surface area contributed by atoms with Crippen molar-refractivity contribution in [3.8, 4) is 0 Å². The van der Waals surface area contributed by atoms with E-state index in [2.05, 4.69) is 45.1 Å². The lowest BCUT2D eigenvalue weighted by atomic mass is 10.0. The Balaban J connectivity index is 4.30. The minimum Gasteiger partial charge on any atom is -0.462 e. The van der Waals surface area contributed by atoms with Crippen molar-refractivity contribution in [2.75, 3.05) is 13.2 Å². The first-order chi connectivity index (χ1) is 31.0. The van der Waals surface area contributed by atoms with Crippen molar-refractivity contribution >= 4 is 17.9 Å². The lowest BCUT2D eigenvalue weighted by Crippen LogP contribution is -2.30. The Kier molecular flexibility index (Phi) is 50.8. The summed E-state index contributed by atoms with van der Waals surface area (Å²) in [6.45, 7) is 6.65. The summed E-state index contributed by atoms with van der Waals surface area (Å²) in [4.78, 5) is 38.0. The molecule has 0 saturated heterocycles. The number of hydrogen-bond acceptors (Lipinski definition) is 6. The van der Waals surface area contributed by atoms with Crippen LogP contribution >= 0.6 is 0 Å². The van der Waals surface area contributed by atoms with Gasteiger partial charge in [-0.3, -0.25) is 14.4 Å². The van der Waals surface area contributed by atoms with E-state index in [0.717, 1.165) is 64.2 Å². The van der Waals surface area contributed by atoms with Crippen LogP contribution in [0.5, 0.6) is 0 Å². The third kappa shape index (κ3) is 50.7.